The van der Waals surface area contributed by atoms with Gasteiger partial charge in [-0.2, -0.15) is 0 Å². The molecule has 3 aromatic rings. The lowest BCUT2D eigenvalue weighted by atomic mass is 9.92. The van der Waals surface area contributed by atoms with E-state index >= 15 is 0 Å². The molecule has 2 aromatic carbocycles. The Morgan fingerprint density at radius 1 is 1.00 bits per heavy atom. The van der Waals surface area contributed by atoms with Crippen LogP contribution in [0.1, 0.15) is 24.0 Å². The van der Waals surface area contributed by atoms with Crippen LogP contribution >= 0.6 is 0 Å². The summed E-state index contributed by atoms with van der Waals surface area (Å²) in [4.78, 5) is 12.5. The van der Waals surface area contributed by atoms with Crippen LogP contribution in [-0.4, -0.2) is 26.4 Å². The van der Waals surface area contributed by atoms with E-state index in [1.54, 1.807) is 43.3 Å². The first-order chi connectivity index (χ1) is 12.5. The minimum atomic E-state index is -0.581. The van der Waals surface area contributed by atoms with Crippen LogP contribution in [0.5, 0.6) is 23.0 Å². The molecule has 6 heteroatoms. The monoisotopic (exact) mass is 356 g/mol. The van der Waals surface area contributed by atoms with Crippen LogP contribution in [-0.2, 0) is 0 Å². The van der Waals surface area contributed by atoms with Crippen LogP contribution in [0, 0.1) is 0 Å². The second-order valence-electron chi connectivity index (χ2n) is 5.83. The molecule has 1 atom stereocenters. The van der Waals surface area contributed by atoms with E-state index in [4.69, 9.17) is 18.6 Å². The minimum Gasteiger partial charge on any atom is -0.507 e. The van der Waals surface area contributed by atoms with Gasteiger partial charge in [0.15, 0.2) is 11.5 Å². The number of hydrogen-bond acceptors (Lipinski definition) is 6. The highest BCUT2D eigenvalue weighted by Crippen LogP contribution is 2.42. The molecule has 1 N–H and O–H groups in total. The molecule has 0 fully saturated rings. The molecule has 0 radical (unpaired) electrons. The van der Waals surface area contributed by atoms with Gasteiger partial charge in [-0.25, -0.2) is 4.79 Å². The summed E-state index contributed by atoms with van der Waals surface area (Å²) in [6.45, 7) is 1.81. The third kappa shape index (κ3) is 2.83. The molecular weight excluding hydrogens is 336 g/mol. The van der Waals surface area contributed by atoms with Crippen molar-refractivity contribution in [1.29, 1.82) is 0 Å². The Morgan fingerprint density at radius 2 is 1.62 bits per heavy atom. The SMILES string of the molecule is COc1cc(C(C)c2c(O)c3ccccc3oc2=O)cc(OC)c1OC. The van der Waals surface area contributed by atoms with Crippen LogP contribution < -0.4 is 19.8 Å². The van der Waals surface area contributed by atoms with E-state index in [-0.39, 0.29) is 11.3 Å². The lowest BCUT2D eigenvalue weighted by molar-refractivity contribution is 0.323. The number of methoxy groups -OCH3 is 3. The summed E-state index contributed by atoms with van der Waals surface area (Å²) in [7, 11) is 4.56. The number of benzene rings is 2. The maximum Gasteiger partial charge on any atom is 0.343 e. The Bertz CT molecular complexity index is 980. The topological polar surface area (TPSA) is 78.1 Å². The maximum atomic E-state index is 12.5. The number of rotatable bonds is 5. The number of fused-ring (bicyclic) bond motifs is 1. The minimum absolute atomic E-state index is 0.0851. The quantitative estimate of drug-likeness (QED) is 0.703. The Morgan fingerprint density at radius 3 is 2.19 bits per heavy atom. The molecule has 0 bridgehead atoms. The molecule has 1 heterocycles. The molecular formula is C20H20O6. The molecule has 0 saturated heterocycles. The van der Waals surface area contributed by atoms with E-state index in [2.05, 4.69) is 0 Å². The molecule has 0 spiro atoms. The second kappa shape index (κ2) is 7.00. The van der Waals surface area contributed by atoms with E-state index < -0.39 is 11.5 Å². The average Bonchev–Trinajstić information content (AvgIpc) is 2.66. The zero-order valence-corrected chi connectivity index (χ0v) is 15.0. The van der Waals surface area contributed by atoms with Crippen molar-refractivity contribution in [2.75, 3.05) is 21.3 Å². The summed E-state index contributed by atoms with van der Waals surface area (Å²) in [5.41, 5.74) is 0.661. The molecule has 0 aliphatic heterocycles. The molecule has 6 nitrogen and oxygen atoms in total. The van der Waals surface area contributed by atoms with Gasteiger partial charge < -0.3 is 23.7 Å². The lowest BCUT2D eigenvalue weighted by Gasteiger charge is -2.18. The summed E-state index contributed by atoms with van der Waals surface area (Å²) in [6.07, 6.45) is 0. The smallest absolute Gasteiger partial charge is 0.343 e. The molecule has 0 aliphatic carbocycles. The van der Waals surface area contributed by atoms with Gasteiger partial charge in [-0.1, -0.05) is 19.1 Å². The van der Waals surface area contributed by atoms with Crippen LogP contribution in [0.3, 0.4) is 0 Å². The maximum absolute atomic E-state index is 12.5. The first kappa shape index (κ1) is 17.7. The van der Waals surface area contributed by atoms with Crippen molar-refractivity contribution in [3.8, 4) is 23.0 Å². The van der Waals surface area contributed by atoms with Crippen LogP contribution in [0.15, 0.2) is 45.6 Å². The van der Waals surface area contributed by atoms with Crippen molar-refractivity contribution in [3.05, 3.63) is 57.9 Å². The highest BCUT2D eigenvalue weighted by atomic mass is 16.5. The number of aromatic hydroxyl groups is 1. The van der Waals surface area contributed by atoms with E-state index in [1.165, 1.54) is 21.3 Å². The summed E-state index contributed by atoms with van der Waals surface area (Å²) in [5.74, 6) is 0.861. The molecule has 0 amide bonds. The highest BCUT2D eigenvalue weighted by Gasteiger charge is 2.24. The van der Waals surface area contributed by atoms with Gasteiger partial charge >= 0.3 is 5.63 Å². The Labute approximate surface area is 150 Å². The molecule has 1 aromatic heterocycles. The number of ether oxygens (including phenoxy) is 3. The van der Waals surface area contributed by atoms with Crippen molar-refractivity contribution in [3.63, 3.8) is 0 Å². The molecule has 1 unspecified atom stereocenters. The van der Waals surface area contributed by atoms with E-state index in [0.717, 1.165) is 5.56 Å². The predicted octanol–water partition coefficient (Wildman–Crippen LogP) is 3.68. The van der Waals surface area contributed by atoms with Gasteiger partial charge in [-0.05, 0) is 29.8 Å². The van der Waals surface area contributed by atoms with E-state index in [1.807, 2.05) is 0 Å². The van der Waals surface area contributed by atoms with E-state index in [0.29, 0.717) is 28.2 Å². The average molecular weight is 356 g/mol. The molecule has 0 saturated carbocycles. The second-order valence-corrected chi connectivity index (χ2v) is 5.83. The van der Waals surface area contributed by atoms with Gasteiger partial charge in [0.25, 0.3) is 0 Å². The van der Waals surface area contributed by atoms with Gasteiger partial charge in [-0.15, -0.1) is 0 Å². The van der Waals surface area contributed by atoms with E-state index in [9.17, 15) is 9.90 Å². The van der Waals surface area contributed by atoms with Gasteiger partial charge in [0.05, 0.1) is 32.3 Å². The van der Waals surface area contributed by atoms with Crippen LogP contribution in [0.4, 0.5) is 0 Å². The zero-order valence-electron chi connectivity index (χ0n) is 15.0. The molecule has 3 rings (SSSR count). The van der Waals surface area contributed by atoms with Gasteiger partial charge in [0, 0.05) is 5.92 Å². The fourth-order valence-corrected chi connectivity index (χ4v) is 3.05. The van der Waals surface area contributed by atoms with Crippen molar-refractivity contribution in [1.82, 2.24) is 0 Å². The van der Waals surface area contributed by atoms with Crippen LogP contribution in [0.25, 0.3) is 11.0 Å². The summed E-state index contributed by atoms with van der Waals surface area (Å²) in [5, 5.41) is 11.2. The lowest BCUT2D eigenvalue weighted by Crippen LogP contribution is -2.12. The van der Waals surface area contributed by atoms with Crippen LogP contribution in [0.2, 0.25) is 0 Å². The van der Waals surface area contributed by atoms with Crippen molar-refractivity contribution < 1.29 is 23.7 Å². The fraction of sp³-hybridized carbons (Fsp3) is 0.250. The number of para-hydroxylation sites is 1. The fourth-order valence-electron chi connectivity index (χ4n) is 3.05. The van der Waals surface area contributed by atoms with Crippen molar-refractivity contribution in [2.45, 2.75) is 12.8 Å². The Balaban J connectivity index is 2.20. The van der Waals surface area contributed by atoms with Gasteiger partial charge in [0.1, 0.15) is 11.3 Å². The molecule has 136 valence electrons. The van der Waals surface area contributed by atoms with Crippen molar-refractivity contribution >= 4 is 11.0 Å². The molecule has 0 aliphatic rings. The number of hydrogen-bond donors (Lipinski definition) is 1. The standard InChI is InChI=1S/C20H20O6/c1-11(12-9-15(23-2)19(25-4)16(10-12)24-3)17-18(21)13-7-5-6-8-14(13)26-20(17)22/h5-11,21H,1-4H3. The Hall–Kier alpha value is -3.15. The summed E-state index contributed by atoms with van der Waals surface area (Å²) in [6, 6.07) is 10.4. The molecule has 26 heavy (non-hydrogen) atoms. The third-order valence-electron chi connectivity index (χ3n) is 4.44. The van der Waals surface area contributed by atoms with Gasteiger partial charge in [-0.3, -0.25) is 0 Å². The normalized spacial score (nSPS) is 12.0. The summed E-state index contributed by atoms with van der Waals surface area (Å²) >= 11 is 0. The predicted molar refractivity (Wildman–Crippen MR) is 97.8 cm³/mol. The third-order valence-corrected chi connectivity index (χ3v) is 4.44. The zero-order chi connectivity index (χ0) is 18.8. The van der Waals surface area contributed by atoms with Gasteiger partial charge in [0.2, 0.25) is 5.75 Å². The first-order valence-electron chi connectivity index (χ1n) is 8.06. The highest BCUT2D eigenvalue weighted by molar-refractivity contribution is 5.84. The first-order valence-corrected chi connectivity index (χ1v) is 8.06. The van der Waals surface area contributed by atoms with Crippen molar-refractivity contribution in [2.24, 2.45) is 0 Å². The largest absolute Gasteiger partial charge is 0.507 e. The summed E-state index contributed by atoms with van der Waals surface area (Å²) < 4.78 is 21.4. The Kier molecular flexibility index (Phi) is 4.75.